The van der Waals surface area contributed by atoms with Crippen LogP contribution in [0.3, 0.4) is 0 Å². The highest BCUT2D eigenvalue weighted by Crippen LogP contribution is 2.28. The van der Waals surface area contributed by atoms with Gasteiger partial charge in [-0.1, -0.05) is 12.1 Å². The van der Waals surface area contributed by atoms with E-state index in [1.54, 1.807) is 38.3 Å². The lowest BCUT2D eigenvalue weighted by atomic mass is 9.88. The summed E-state index contributed by atoms with van der Waals surface area (Å²) in [5.74, 6) is -1.20. The molecule has 100 valence electrons. The number of aliphatic carboxylic acids is 1. The molecule has 0 aromatic heterocycles. The third kappa shape index (κ3) is 2.57. The van der Waals surface area contributed by atoms with Crippen LogP contribution in [0.15, 0.2) is 29.3 Å². The van der Waals surface area contributed by atoms with Gasteiger partial charge >= 0.3 is 12.0 Å². The maximum atomic E-state index is 11.4. The summed E-state index contributed by atoms with van der Waals surface area (Å²) >= 11 is 0. The number of carboxylic acid groups (broad SMARTS) is 1. The second-order valence-electron chi connectivity index (χ2n) is 4.27. The molecule has 0 spiro atoms. The lowest BCUT2D eigenvalue weighted by Gasteiger charge is -2.28. The molecule has 6 nitrogen and oxygen atoms in total. The molecule has 1 aromatic carbocycles. The number of hydrogen-bond donors (Lipinski definition) is 2. The number of aliphatic imine (C=N–C) groups is 1. The average molecular weight is 262 g/mol. The number of carboxylic acids is 1. The van der Waals surface area contributed by atoms with Gasteiger partial charge in [-0.25, -0.2) is 9.79 Å². The Labute approximate surface area is 110 Å². The SMILES string of the molecule is COc1ccc([C@@H]2NC(=O)N=C(C)[C@@H]2C(=O)O)cc1. The smallest absolute Gasteiger partial charge is 0.341 e. The van der Waals surface area contributed by atoms with Crippen LogP contribution in [0.2, 0.25) is 0 Å². The number of carbonyl (C=O) groups is 2. The van der Waals surface area contributed by atoms with Crippen LogP contribution < -0.4 is 10.1 Å². The molecule has 1 aromatic rings. The predicted octanol–water partition coefficient (Wildman–Crippen LogP) is 1.62. The summed E-state index contributed by atoms with van der Waals surface area (Å²) in [6, 6.07) is 5.78. The zero-order chi connectivity index (χ0) is 14.0. The standard InChI is InChI=1S/C13H14N2O4/c1-7-10(12(16)17)11(15-13(18)14-7)8-3-5-9(19-2)6-4-8/h3-6,10-11H,1-2H3,(H,15,18)(H,16,17)/t10-,11-/m0/s1. The van der Waals surface area contributed by atoms with Crippen LogP contribution in [0.5, 0.6) is 5.75 Å². The van der Waals surface area contributed by atoms with Crippen LogP contribution in [0, 0.1) is 5.92 Å². The maximum Gasteiger partial charge on any atom is 0.341 e. The Balaban J connectivity index is 2.37. The Morgan fingerprint density at radius 1 is 1.37 bits per heavy atom. The van der Waals surface area contributed by atoms with E-state index >= 15 is 0 Å². The topological polar surface area (TPSA) is 88.0 Å². The highest BCUT2D eigenvalue weighted by Gasteiger charge is 2.36. The zero-order valence-corrected chi connectivity index (χ0v) is 10.6. The van der Waals surface area contributed by atoms with Crippen molar-refractivity contribution < 1.29 is 19.4 Å². The lowest BCUT2D eigenvalue weighted by Crippen LogP contribution is -2.43. The van der Waals surface area contributed by atoms with Gasteiger partial charge in [-0.15, -0.1) is 0 Å². The van der Waals surface area contributed by atoms with Gasteiger partial charge in [0.15, 0.2) is 0 Å². The van der Waals surface area contributed by atoms with Gasteiger partial charge in [0.2, 0.25) is 0 Å². The number of nitrogens with zero attached hydrogens (tertiary/aromatic N) is 1. The molecule has 2 rings (SSSR count). The van der Waals surface area contributed by atoms with E-state index < -0.39 is 24.0 Å². The number of carbonyl (C=O) groups excluding carboxylic acids is 1. The van der Waals surface area contributed by atoms with E-state index in [2.05, 4.69) is 10.3 Å². The van der Waals surface area contributed by atoms with Gasteiger partial charge in [0, 0.05) is 5.71 Å². The van der Waals surface area contributed by atoms with E-state index in [0.29, 0.717) is 17.0 Å². The second-order valence-corrected chi connectivity index (χ2v) is 4.27. The molecular weight excluding hydrogens is 248 g/mol. The van der Waals surface area contributed by atoms with Gasteiger partial charge in [0.05, 0.1) is 13.2 Å². The number of hydrogen-bond acceptors (Lipinski definition) is 3. The van der Waals surface area contributed by atoms with Crippen molar-refractivity contribution in [2.45, 2.75) is 13.0 Å². The number of ether oxygens (including phenoxy) is 1. The van der Waals surface area contributed by atoms with Crippen molar-refractivity contribution in [2.75, 3.05) is 7.11 Å². The molecule has 2 N–H and O–H groups in total. The van der Waals surface area contributed by atoms with E-state index in [9.17, 15) is 14.7 Å². The van der Waals surface area contributed by atoms with Crippen molar-refractivity contribution in [1.29, 1.82) is 0 Å². The number of urea groups is 1. The number of benzene rings is 1. The third-order valence-electron chi connectivity index (χ3n) is 3.08. The second kappa shape index (κ2) is 5.09. The highest BCUT2D eigenvalue weighted by molar-refractivity contribution is 6.07. The Bertz CT molecular complexity index is 536. The first-order valence-corrected chi connectivity index (χ1v) is 5.75. The van der Waals surface area contributed by atoms with E-state index in [1.165, 1.54) is 0 Å². The maximum absolute atomic E-state index is 11.4. The molecule has 0 saturated carbocycles. The summed E-state index contributed by atoms with van der Waals surface area (Å²) in [6.45, 7) is 1.55. The number of amides is 2. The first-order chi connectivity index (χ1) is 9.02. The molecule has 1 aliphatic heterocycles. The summed E-state index contributed by atoms with van der Waals surface area (Å²) in [6.07, 6.45) is 0. The zero-order valence-electron chi connectivity index (χ0n) is 10.6. The fourth-order valence-corrected chi connectivity index (χ4v) is 2.13. The summed E-state index contributed by atoms with van der Waals surface area (Å²) in [5, 5.41) is 11.9. The van der Waals surface area contributed by atoms with Gasteiger partial charge in [-0.3, -0.25) is 4.79 Å². The van der Waals surface area contributed by atoms with Crippen molar-refractivity contribution in [3.63, 3.8) is 0 Å². The van der Waals surface area contributed by atoms with Crippen molar-refractivity contribution >= 4 is 17.7 Å². The molecule has 0 saturated heterocycles. The first kappa shape index (κ1) is 13.1. The molecule has 0 fully saturated rings. The van der Waals surface area contributed by atoms with Crippen LogP contribution in [0.4, 0.5) is 4.79 Å². The van der Waals surface area contributed by atoms with Gasteiger partial charge in [0.25, 0.3) is 0 Å². The van der Waals surface area contributed by atoms with Crippen LogP contribution in [-0.2, 0) is 4.79 Å². The minimum atomic E-state index is -1.01. The lowest BCUT2D eigenvalue weighted by molar-refractivity contribution is -0.140. The molecule has 0 unspecified atom stereocenters. The number of nitrogens with one attached hydrogen (secondary N) is 1. The van der Waals surface area contributed by atoms with Gasteiger partial charge in [-0.2, -0.15) is 0 Å². The molecule has 0 radical (unpaired) electrons. The van der Waals surface area contributed by atoms with Crippen LogP contribution >= 0.6 is 0 Å². The molecule has 1 aliphatic rings. The molecule has 19 heavy (non-hydrogen) atoms. The normalized spacial score (nSPS) is 22.4. The van der Waals surface area contributed by atoms with E-state index in [-0.39, 0.29) is 0 Å². The van der Waals surface area contributed by atoms with Crippen molar-refractivity contribution in [1.82, 2.24) is 5.32 Å². The molecule has 1 heterocycles. The summed E-state index contributed by atoms with van der Waals surface area (Å²) in [7, 11) is 1.55. The minimum Gasteiger partial charge on any atom is -0.497 e. The molecule has 2 atom stereocenters. The molecular formula is C13H14N2O4. The van der Waals surface area contributed by atoms with Crippen LogP contribution in [0.1, 0.15) is 18.5 Å². The van der Waals surface area contributed by atoms with Crippen molar-refractivity contribution in [3.8, 4) is 5.75 Å². The highest BCUT2D eigenvalue weighted by atomic mass is 16.5. The number of methoxy groups -OCH3 is 1. The predicted molar refractivity (Wildman–Crippen MR) is 68.5 cm³/mol. The van der Waals surface area contributed by atoms with E-state index in [0.717, 1.165) is 0 Å². The van der Waals surface area contributed by atoms with Crippen LogP contribution in [-0.4, -0.2) is 29.9 Å². The van der Waals surface area contributed by atoms with E-state index in [4.69, 9.17) is 4.74 Å². The quantitative estimate of drug-likeness (QED) is 0.866. The summed E-state index contributed by atoms with van der Waals surface area (Å²) < 4.78 is 5.05. The van der Waals surface area contributed by atoms with Gasteiger partial charge < -0.3 is 15.2 Å². The first-order valence-electron chi connectivity index (χ1n) is 5.75. The van der Waals surface area contributed by atoms with Crippen LogP contribution in [0.25, 0.3) is 0 Å². The third-order valence-corrected chi connectivity index (χ3v) is 3.08. The minimum absolute atomic E-state index is 0.303. The van der Waals surface area contributed by atoms with E-state index in [1.807, 2.05) is 0 Å². The fourth-order valence-electron chi connectivity index (χ4n) is 2.13. The van der Waals surface area contributed by atoms with Gasteiger partial charge in [-0.05, 0) is 24.6 Å². The molecule has 0 bridgehead atoms. The monoisotopic (exact) mass is 262 g/mol. The largest absolute Gasteiger partial charge is 0.497 e. The van der Waals surface area contributed by atoms with Gasteiger partial charge in [0.1, 0.15) is 11.7 Å². The molecule has 6 heteroatoms. The van der Waals surface area contributed by atoms with Crippen molar-refractivity contribution in [3.05, 3.63) is 29.8 Å². The Kier molecular flexibility index (Phi) is 3.50. The summed E-state index contributed by atoms with van der Waals surface area (Å²) in [5.41, 5.74) is 1.01. The molecule has 2 amide bonds. The molecule has 0 aliphatic carbocycles. The fraction of sp³-hybridized carbons (Fsp3) is 0.308. The Morgan fingerprint density at radius 3 is 2.53 bits per heavy atom. The number of rotatable bonds is 3. The Hall–Kier alpha value is -2.37. The summed E-state index contributed by atoms with van der Waals surface area (Å²) in [4.78, 5) is 26.4. The van der Waals surface area contributed by atoms with Crippen molar-refractivity contribution in [2.24, 2.45) is 10.9 Å². The average Bonchev–Trinajstić information content (AvgIpc) is 2.37. The Morgan fingerprint density at radius 2 is 2.00 bits per heavy atom.